The minimum Gasteiger partial charge on any atom is -0.356 e. The number of halogens is 4. The standard InChI is InChI=1S/C19H34F3N7.HI/c1-4-5-9-23-18(25-13-17-27-26-15(2)28(17)3)24-10-6-16-7-11-29(12-8-16)14-19(20,21)22;/h16H,4-14H2,1-3H3,(H2,23,24,25);1H. The highest BCUT2D eigenvalue weighted by molar-refractivity contribution is 14.0. The van der Waals surface area contributed by atoms with Gasteiger partial charge in [0.15, 0.2) is 11.8 Å². The van der Waals surface area contributed by atoms with E-state index < -0.39 is 12.7 Å². The number of likely N-dealkylation sites (tertiary alicyclic amines) is 1. The van der Waals surface area contributed by atoms with Crippen molar-refractivity contribution in [2.75, 3.05) is 32.7 Å². The molecule has 1 aromatic heterocycles. The number of guanidine groups is 1. The fourth-order valence-corrected chi connectivity index (χ4v) is 3.38. The normalized spacial score (nSPS) is 16.4. The summed E-state index contributed by atoms with van der Waals surface area (Å²) >= 11 is 0. The number of hydrogen-bond donors (Lipinski definition) is 2. The molecule has 0 radical (unpaired) electrons. The number of nitrogens with zero attached hydrogens (tertiary/aromatic N) is 5. The molecule has 2 N–H and O–H groups in total. The lowest BCUT2D eigenvalue weighted by atomic mass is 9.93. The molecule has 0 aromatic carbocycles. The zero-order valence-corrected chi connectivity index (χ0v) is 20.5. The van der Waals surface area contributed by atoms with Crippen molar-refractivity contribution in [3.63, 3.8) is 0 Å². The van der Waals surface area contributed by atoms with Gasteiger partial charge in [0.05, 0.1) is 6.54 Å². The number of nitrogens with one attached hydrogen (secondary N) is 2. The van der Waals surface area contributed by atoms with Crippen LogP contribution < -0.4 is 10.6 Å². The Kier molecular flexibility index (Phi) is 12.0. The Morgan fingerprint density at radius 3 is 2.40 bits per heavy atom. The SMILES string of the molecule is CCCCNC(=NCc1nnc(C)n1C)NCCC1CCN(CC(F)(F)F)CC1.I. The van der Waals surface area contributed by atoms with Crippen molar-refractivity contribution in [3.8, 4) is 0 Å². The maximum Gasteiger partial charge on any atom is 0.401 e. The van der Waals surface area contributed by atoms with Crippen LogP contribution in [-0.2, 0) is 13.6 Å². The number of unbranched alkanes of at least 4 members (excludes halogenated alkanes) is 1. The number of piperidine rings is 1. The summed E-state index contributed by atoms with van der Waals surface area (Å²) in [4.78, 5) is 6.12. The van der Waals surface area contributed by atoms with E-state index in [1.807, 2.05) is 18.5 Å². The van der Waals surface area contributed by atoms with Gasteiger partial charge in [-0.1, -0.05) is 13.3 Å². The Labute approximate surface area is 194 Å². The van der Waals surface area contributed by atoms with Crippen molar-refractivity contribution in [2.24, 2.45) is 18.0 Å². The fraction of sp³-hybridized carbons (Fsp3) is 0.842. The molecule has 1 fully saturated rings. The van der Waals surface area contributed by atoms with Crippen LogP contribution in [-0.4, -0.2) is 64.5 Å². The minimum absolute atomic E-state index is 0. The number of hydrogen-bond acceptors (Lipinski definition) is 4. The van der Waals surface area contributed by atoms with E-state index >= 15 is 0 Å². The van der Waals surface area contributed by atoms with Crippen LogP contribution in [0.1, 0.15) is 50.7 Å². The molecule has 2 rings (SSSR count). The number of aryl methyl sites for hydroxylation is 1. The van der Waals surface area contributed by atoms with E-state index in [9.17, 15) is 13.2 Å². The molecule has 7 nitrogen and oxygen atoms in total. The van der Waals surface area contributed by atoms with Gasteiger partial charge in [0.1, 0.15) is 12.4 Å². The molecule has 1 saturated heterocycles. The second kappa shape index (κ2) is 13.3. The maximum absolute atomic E-state index is 12.5. The third-order valence-electron chi connectivity index (χ3n) is 5.34. The summed E-state index contributed by atoms with van der Waals surface area (Å²) in [7, 11) is 1.92. The monoisotopic (exact) mass is 545 g/mol. The van der Waals surface area contributed by atoms with E-state index in [0.29, 0.717) is 25.6 Å². The topological polar surface area (TPSA) is 70.4 Å². The van der Waals surface area contributed by atoms with Gasteiger partial charge in [0, 0.05) is 20.1 Å². The molecule has 1 aliphatic heterocycles. The Hall–Kier alpha value is -1.11. The van der Waals surface area contributed by atoms with E-state index in [2.05, 4.69) is 32.7 Å². The average Bonchev–Trinajstić information content (AvgIpc) is 2.98. The van der Waals surface area contributed by atoms with E-state index in [-0.39, 0.29) is 24.0 Å². The highest BCUT2D eigenvalue weighted by atomic mass is 127. The Morgan fingerprint density at radius 2 is 1.83 bits per heavy atom. The predicted octanol–water partition coefficient (Wildman–Crippen LogP) is 3.24. The number of aliphatic imine (C=N–C) groups is 1. The number of rotatable bonds is 9. The van der Waals surface area contributed by atoms with Gasteiger partial charge in [-0.2, -0.15) is 13.2 Å². The largest absolute Gasteiger partial charge is 0.401 e. The van der Waals surface area contributed by atoms with Crippen LogP contribution in [0.4, 0.5) is 13.2 Å². The zero-order chi connectivity index (χ0) is 21.3. The summed E-state index contributed by atoms with van der Waals surface area (Å²) in [6.45, 7) is 6.32. The van der Waals surface area contributed by atoms with Crippen LogP contribution >= 0.6 is 24.0 Å². The first-order chi connectivity index (χ1) is 13.8. The van der Waals surface area contributed by atoms with Gasteiger partial charge in [-0.25, -0.2) is 4.99 Å². The molecule has 0 atom stereocenters. The average molecular weight is 545 g/mol. The van der Waals surface area contributed by atoms with Crippen molar-refractivity contribution in [1.82, 2.24) is 30.3 Å². The summed E-state index contributed by atoms with van der Waals surface area (Å²) < 4.78 is 39.4. The van der Waals surface area contributed by atoms with E-state index in [1.54, 1.807) is 0 Å². The van der Waals surface area contributed by atoms with Crippen molar-refractivity contribution in [2.45, 2.75) is 58.7 Å². The van der Waals surface area contributed by atoms with Gasteiger partial charge < -0.3 is 15.2 Å². The molecule has 0 amide bonds. The Bertz CT molecular complexity index is 641. The highest BCUT2D eigenvalue weighted by Gasteiger charge is 2.32. The third kappa shape index (κ3) is 9.80. The molecular formula is C19H35F3IN7. The van der Waals surface area contributed by atoms with Gasteiger partial charge in [-0.15, -0.1) is 34.2 Å². The quantitative estimate of drug-likeness (QED) is 0.216. The molecule has 30 heavy (non-hydrogen) atoms. The molecule has 0 unspecified atom stereocenters. The van der Waals surface area contributed by atoms with Crippen LogP contribution in [0, 0.1) is 12.8 Å². The lowest BCUT2D eigenvalue weighted by Crippen LogP contribution is -2.41. The summed E-state index contributed by atoms with van der Waals surface area (Å²) in [5.74, 6) is 2.84. The zero-order valence-electron chi connectivity index (χ0n) is 18.1. The second-order valence-corrected chi connectivity index (χ2v) is 7.72. The molecule has 1 aliphatic rings. The molecule has 11 heteroatoms. The first-order valence-corrected chi connectivity index (χ1v) is 10.4. The second-order valence-electron chi connectivity index (χ2n) is 7.72. The predicted molar refractivity (Wildman–Crippen MR) is 123 cm³/mol. The van der Waals surface area contributed by atoms with E-state index in [4.69, 9.17) is 0 Å². The number of alkyl halides is 3. The summed E-state index contributed by atoms with van der Waals surface area (Å²) in [6, 6.07) is 0. The van der Waals surface area contributed by atoms with Crippen molar-refractivity contribution in [3.05, 3.63) is 11.6 Å². The van der Waals surface area contributed by atoms with Gasteiger partial charge in [0.2, 0.25) is 0 Å². The van der Waals surface area contributed by atoms with Crippen LogP contribution in [0.2, 0.25) is 0 Å². The summed E-state index contributed by atoms with van der Waals surface area (Å²) in [6.07, 6.45) is 0.598. The smallest absolute Gasteiger partial charge is 0.356 e. The molecule has 0 spiro atoms. The summed E-state index contributed by atoms with van der Waals surface area (Å²) in [5.41, 5.74) is 0. The molecule has 2 heterocycles. The Balaban J connectivity index is 0.00000450. The molecule has 1 aromatic rings. The number of aromatic nitrogens is 3. The van der Waals surface area contributed by atoms with Crippen LogP contribution in [0.15, 0.2) is 4.99 Å². The van der Waals surface area contributed by atoms with Crippen molar-refractivity contribution >= 4 is 29.9 Å². The molecular weight excluding hydrogens is 510 g/mol. The third-order valence-corrected chi connectivity index (χ3v) is 5.34. The van der Waals surface area contributed by atoms with Gasteiger partial charge >= 0.3 is 6.18 Å². The lowest BCUT2D eigenvalue weighted by Gasteiger charge is -2.32. The first kappa shape index (κ1) is 26.9. The van der Waals surface area contributed by atoms with Gasteiger partial charge in [-0.05, 0) is 51.6 Å². The first-order valence-electron chi connectivity index (χ1n) is 10.4. The van der Waals surface area contributed by atoms with Crippen LogP contribution in [0.5, 0.6) is 0 Å². The maximum atomic E-state index is 12.5. The van der Waals surface area contributed by atoms with Crippen molar-refractivity contribution in [1.29, 1.82) is 0 Å². The van der Waals surface area contributed by atoms with E-state index in [0.717, 1.165) is 62.8 Å². The molecule has 0 bridgehead atoms. The van der Waals surface area contributed by atoms with Crippen LogP contribution in [0.3, 0.4) is 0 Å². The molecule has 0 aliphatic carbocycles. The summed E-state index contributed by atoms with van der Waals surface area (Å²) in [5, 5.41) is 14.9. The van der Waals surface area contributed by atoms with Gasteiger partial charge in [-0.3, -0.25) is 4.90 Å². The van der Waals surface area contributed by atoms with Crippen LogP contribution in [0.25, 0.3) is 0 Å². The minimum atomic E-state index is -4.11. The lowest BCUT2D eigenvalue weighted by molar-refractivity contribution is -0.148. The fourth-order valence-electron chi connectivity index (χ4n) is 3.38. The highest BCUT2D eigenvalue weighted by Crippen LogP contribution is 2.23. The Morgan fingerprint density at radius 1 is 1.17 bits per heavy atom. The molecule has 174 valence electrons. The molecule has 0 saturated carbocycles. The van der Waals surface area contributed by atoms with Crippen molar-refractivity contribution < 1.29 is 13.2 Å². The van der Waals surface area contributed by atoms with Gasteiger partial charge in [0.25, 0.3) is 0 Å². The van der Waals surface area contributed by atoms with E-state index in [1.165, 1.54) is 4.90 Å².